The molecule has 1 aromatic carbocycles. The van der Waals surface area contributed by atoms with Gasteiger partial charge in [0.05, 0.1) is 0 Å². The SMILES string of the molecule is Cc1cc(C(C)(C)C)ccc1N(C)C(=O)S. The molecule has 0 heterocycles. The van der Waals surface area contributed by atoms with Crippen molar-refractivity contribution in [3.05, 3.63) is 29.3 Å². The van der Waals surface area contributed by atoms with Crippen LogP contribution < -0.4 is 4.90 Å². The summed E-state index contributed by atoms with van der Waals surface area (Å²) in [5.74, 6) is 0. The van der Waals surface area contributed by atoms with Gasteiger partial charge in [0.1, 0.15) is 0 Å². The van der Waals surface area contributed by atoms with Crippen molar-refractivity contribution < 1.29 is 4.79 Å². The van der Waals surface area contributed by atoms with E-state index >= 15 is 0 Å². The lowest BCUT2D eigenvalue weighted by Gasteiger charge is -2.23. The van der Waals surface area contributed by atoms with Gasteiger partial charge in [-0.2, -0.15) is 0 Å². The van der Waals surface area contributed by atoms with E-state index in [1.165, 1.54) is 5.56 Å². The number of carbonyl (C=O) groups excluding carboxylic acids is 1. The number of anilines is 1. The lowest BCUT2D eigenvalue weighted by molar-refractivity contribution is 0.266. The quantitative estimate of drug-likeness (QED) is 0.737. The predicted octanol–water partition coefficient (Wildman–Crippen LogP) is 3.78. The monoisotopic (exact) mass is 237 g/mol. The van der Waals surface area contributed by atoms with Crippen LogP contribution in [0.2, 0.25) is 0 Å². The van der Waals surface area contributed by atoms with Crippen molar-refractivity contribution in [1.29, 1.82) is 0 Å². The van der Waals surface area contributed by atoms with Crippen LogP contribution in [0.25, 0.3) is 0 Å². The molecule has 2 nitrogen and oxygen atoms in total. The van der Waals surface area contributed by atoms with Crippen LogP contribution in [0.5, 0.6) is 0 Å². The fourth-order valence-corrected chi connectivity index (χ4v) is 1.71. The molecule has 3 heteroatoms. The summed E-state index contributed by atoms with van der Waals surface area (Å²) in [5, 5.41) is -0.244. The van der Waals surface area contributed by atoms with Crippen LogP contribution >= 0.6 is 12.6 Å². The highest BCUT2D eigenvalue weighted by atomic mass is 32.1. The molecule has 0 aliphatic rings. The molecule has 0 aliphatic heterocycles. The second-order valence-electron chi connectivity index (χ2n) is 5.09. The molecule has 1 amide bonds. The minimum atomic E-state index is -0.244. The van der Waals surface area contributed by atoms with Gasteiger partial charge in [0.2, 0.25) is 0 Å². The van der Waals surface area contributed by atoms with Crippen molar-refractivity contribution in [3.63, 3.8) is 0 Å². The summed E-state index contributed by atoms with van der Waals surface area (Å²) < 4.78 is 0. The maximum Gasteiger partial charge on any atom is 0.282 e. The van der Waals surface area contributed by atoms with Gasteiger partial charge in [0.15, 0.2) is 0 Å². The van der Waals surface area contributed by atoms with Crippen LogP contribution in [-0.2, 0) is 5.41 Å². The van der Waals surface area contributed by atoms with Gasteiger partial charge in [0.25, 0.3) is 5.24 Å². The Kier molecular flexibility index (Phi) is 3.68. The Morgan fingerprint density at radius 3 is 2.25 bits per heavy atom. The molecule has 0 bridgehead atoms. The first-order valence-corrected chi connectivity index (χ1v) is 5.76. The van der Waals surface area contributed by atoms with Gasteiger partial charge in [-0.1, -0.05) is 45.5 Å². The zero-order chi connectivity index (χ0) is 12.5. The van der Waals surface area contributed by atoms with Crippen LogP contribution in [0, 0.1) is 6.92 Å². The summed E-state index contributed by atoms with van der Waals surface area (Å²) >= 11 is 3.82. The van der Waals surface area contributed by atoms with E-state index in [1.54, 1.807) is 11.9 Å². The van der Waals surface area contributed by atoms with Crippen molar-refractivity contribution in [2.45, 2.75) is 33.1 Å². The molecule has 0 saturated carbocycles. The van der Waals surface area contributed by atoms with Crippen LogP contribution in [-0.4, -0.2) is 12.3 Å². The Labute approximate surface area is 103 Å². The zero-order valence-electron chi connectivity index (χ0n) is 10.5. The molecule has 16 heavy (non-hydrogen) atoms. The average molecular weight is 237 g/mol. The summed E-state index contributed by atoms with van der Waals surface area (Å²) in [4.78, 5) is 12.7. The number of carbonyl (C=O) groups is 1. The van der Waals surface area contributed by atoms with Gasteiger partial charge in [-0.3, -0.25) is 4.79 Å². The summed E-state index contributed by atoms with van der Waals surface area (Å²) in [7, 11) is 1.73. The van der Waals surface area contributed by atoms with Gasteiger partial charge in [-0.05, 0) is 29.5 Å². The van der Waals surface area contributed by atoms with E-state index in [9.17, 15) is 4.79 Å². The first kappa shape index (κ1) is 13.1. The summed E-state index contributed by atoms with van der Waals surface area (Å²) in [6.07, 6.45) is 0. The molecule has 0 saturated heterocycles. The summed E-state index contributed by atoms with van der Waals surface area (Å²) in [6.45, 7) is 8.54. The van der Waals surface area contributed by atoms with Crippen LogP contribution in [0.3, 0.4) is 0 Å². The number of amides is 1. The fourth-order valence-electron chi connectivity index (χ4n) is 1.60. The Morgan fingerprint density at radius 1 is 1.31 bits per heavy atom. The van der Waals surface area contributed by atoms with E-state index in [0.29, 0.717) is 0 Å². The van der Waals surface area contributed by atoms with Gasteiger partial charge in [-0.15, -0.1) is 0 Å². The van der Waals surface area contributed by atoms with Gasteiger partial charge >= 0.3 is 0 Å². The lowest BCUT2D eigenvalue weighted by Crippen LogP contribution is -2.21. The van der Waals surface area contributed by atoms with Gasteiger partial charge < -0.3 is 4.90 Å². The van der Waals surface area contributed by atoms with Crippen molar-refractivity contribution in [2.75, 3.05) is 11.9 Å². The molecule has 0 N–H and O–H groups in total. The average Bonchev–Trinajstić information content (AvgIpc) is 2.15. The normalized spacial score (nSPS) is 11.4. The Balaban J connectivity index is 3.15. The minimum Gasteiger partial charge on any atom is -0.306 e. The third kappa shape index (κ3) is 2.79. The summed E-state index contributed by atoms with van der Waals surface area (Å²) in [6, 6.07) is 6.17. The third-order valence-corrected chi connectivity index (χ3v) is 3.01. The minimum absolute atomic E-state index is 0.132. The van der Waals surface area contributed by atoms with E-state index in [4.69, 9.17) is 0 Å². The van der Waals surface area contributed by atoms with Crippen molar-refractivity contribution in [2.24, 2.45) is 0 Å². The molecular weight excluding hydrogens is 218 g/mol. The van der Waals surface area contributed by atoms with Crippen molar-refractivity contribution in [3.8, 4) is 0 Å². The van der Waals surface area contributed by atoms with E-state index in [2.05, 4.69) is 45.5 Å². The molecule has 0 spiro atoms. The topological polar surface area (TPSA) is 20.3 Å². The number of hydrogen-bond acceptors (Lipinski definition) is 1. The zero-order valence-corrected chi connectivity index (χ0v) is 11.4. The second-order valence-corrected chi connectivity index (χ2v) is 5.48. The first-order chi connectivity index (χ1) is 7.23. The maximum absolute atomic E-state index is 11.2. The van der Waals surface area contributed by atoms with Gasteiger partial charge in [0, 0.05) is 12.7 Å². The third-order valence-electron chi connectivity index (χ3n) is 2.71. The van der Waals surface area contributed by atoms with Crippen LogP contribution in [0.1, 0.15) is 31.9 Å². The van der Waals surface area contributed by atoms with E-state index in [0.717, 1.165) is 11.3 Å². The smallest absolute Gasteiger partial charge is 0.282 e. The lowest BCUT2D eigenvalue weighted by atomic mass is 9.86. The van der Waals surface area contributed by atoms with Crippen molar-refractivity contribution in [1.82, 2.24) is 0 Å². The molecule has 88 valence electrons. The van der Waals surface area contributed by atoms with Crippen molar-refractivity contribution >= 4 is 23.6 Å². The molecule has 0 atom stereocenters. The Morgan fingerprint density at radius 2 is 1.88 bits per heavy atom. The number of hydrogen-bond donors (Lipinski definition) is 1. The molecule has 0 unspecified atom stereocenters. The number of nitrogens with zero attached hydrogens (tertiary/aromatic N) is 1. The number of rotatable bonds is 1. The van der Waals surface area contributed by atoms with Gasteiger partial charge in [-0.25, -0.2) is 0 Å². The Bertz CT molecular complexity index is 407. The van der Waals surface area contributed by atoms with Crippen LogP contribution in [0.15, 0.2) is 18.2 Å². The largest absolute Gasteiger partial charge is 0.306 e. The molecule has 0 aromatic heterocycles. The number of thiol groups is 1. The Hall–Kier alpha value is -0.960. The molecule has 0 fully saturated rings. The molecule has 0 aliphatic carbocycles. The first-order valence-electron chi connectivity index (χ1n) is 5.31. The highest BCUT2D eigenvalue weighted by Gasteiger charge is 2.16. The number of aryl methyl sites for hydroxylation is 1. The molecular formula is C13H19NOS. The predicted molar refractivity (Wildman–Crippen MR) is 72.7 cm³/mol. The van der Waals surface area contributed by atoms with E-state index in [-0.39, 0.29) is 10.7 Å². The highest BCUT2D eigenvalue weighted by Crippen LogP contribution is 2.28. The number of benzene rings is 1. The van der Waals surface area contributed by atoms with Crippen LogP contribution in [0.4, 0.5) is 10.5 Å². The molecule has 0 radical (unpaired) electrons. The molecule has 1 aromatic rings. The fraction of sp³-hybridized carbons (Fsp3) is 0.462. The molecule has 1 rings (SSSR count). The second kappa shape index (κ2) is 4.50. The summed E-state index contributed by atoms with van der Waals surface area (Å²) in [5.41, 5.74) is 3.41. The highest BCUT2D eigenvalue weighted by molar-refractivity contribution is 7.96. The maximum atomic E-state index is 11.2. The van der Waals surface area contributed by atoms with E-state index < -0.39 is 0 Å². The standard InChI is InChI=1S/C13H19NOS/c1-9-8-10(13(2,3)4)6-7-11(9)14(5)12(15)16/h6-8H,1-5H3,(H,15,16). The van der Waals surface area contributed by atoms with E-state index in [1.807, 2.05) is 13.0 Å².